The first kappa shape index (κ1) is 13.1. The van der Waals surface area contributed by atoms with Crippen LogP contribution in [0, 0.1) is 17.0 Å². The molecule has 0 saturated carbocycles. The lowest BCUT2D eigenvalue weighted by atomic mass is 9.98. The summed E-state index contributed by atoms with van der Waals surface area (Å²) >= 11 is 0. The van der Waals surface area contributed by atoms with Gasteiger partial charge in [-0.2, -0.15) is 13.2 Å². The Morgan fingerprint density at radius 3 is 2.24 bits per heavy atom. The summed E-state index contributed by atoms with van der Waals surface area (Å²) in [4.78, 5) is 20.5. The van der Waals surface area contributed by atoms with Crippen molar-refractivity contribution in [1.82, 2.24) is 0 Å². The summed E-state index contributed by atoms with van der Waals surface area (Å²) in [6.45, 7) is 2.15. The quantitative estimate of drug-likeness (QED) is 0.458. The Balaban J connectivity index is 3.65. The van der Waals surface area contributed by atoms with Gasteiger partial charge in [-0.3, -0.25) is 14.9 Å². The van der Waals surface area contributed by atoms with Gasteiger partial charge in [-0.05, 0) is 25.5 Å². The second-order valence-electron chi connectivity index (χ2n) is 3.44. The summed E-state index contributed by atoms with van der Waals surface area (Å²) in [6.07, 6.45) is -4.86. The molecule has 0 aromatic heterocycles. The van der Waals surface area contributed by atoms with E-state index in [1.54, 1.807) is 0 Å². The number of halogens is 3. The van der Waals surface area contributed by atoms with Crippen molar-refractivity contribution in [2.75, 3.05) is 0 Å². The first-order valence-electron chi connectivity index (χ1n) is 4.52. The van der Waals surface area contributed by atoms with E-state index in [9.17, 15) is 28.1 Å². The van der Waals surface area contributed by atoms with Crippen molar-refractivity contribution in [2.45, 2.75) is 20.0 Å². The van der Waals surface area contributed by atoms with Gasteiger partial charge in [-0.15, -0.1) is 0 Å². The van der Waals surface area contributed by atoms with Gasteiger partial charge in [-0.1, -0.05) is 0 Å². The Bertz CT molecular complexity index is 494. The van der Waals surface area contributed by atoms with Gasteiger partial charge in [0.1, 0.15) is 5.56 Å². The van der Waals surface area contributed by atoms with Crippen LogP contribution in [-0.4, -0.2) is 10.7 Å². The normalized spacial score (nSPS) is 11.4. The van der Waals surface area contributed by atoms with Crippen molar-refractivity contribution in [3.63, 3.8) is 0 Å². The molecule has 0 fully saturated rings. The minimum Gasteiger partial charge on any atom is -0.295 e. The molecule has 0 aliphatic carbocycles. The predicted molar refractivity (Wildman–Crippen MR) is 52.8 cm³/mol. The number of hydrogen-bond donors (Lipinski definition) is 0. The van der Waals surface area contributed by atoms with Gasteiger partial charge in [0, 0.05) is 11.6 Å². The molecule has 4 nitrogen and oxygen atoms in total. The fourth-order valence-corrected chi connectivity index (χ4v) is 1.59. The summed E-state index contributed by atoms with van der Waals surface area (Å²) in [7, 11) is 0. The largest absolute Gasteiger partial charge is 0.423 e. The molecule has 0 aliphatic heterocycles. The number of hydrogen-bond acceptors (Lipinski definition) is 3. The average molecular weight is 247 g/mol. The Labute approximate surface area is 94.2 Å². The fraction of sp³-hybridized carbons (Fsp3) is 0.300. The molecular weight excluding hydrogens is 239 g/mol. The molecule has 0 atom stereocenters. The highest BCUT2D eigenvalue weighted by atomic mass is 19.4. The van der Waals surface area contributed by atoms with Crippen LogP contribution in [0.2, 0.25) is 0 Å². The van der Waals surface area contributed by atoms with Gasteiger partial charge in [0.05, 0.1) is 4.92 Å². The Morgan fingerprint density at radius 2 is 1.88 bits per heavy atom. The first-order chi connectivity index (χ1) is 7.66. The zero-order valence-electron chi connectivity index (χ0n) is 8.96. The molecule has 0 radical (unpaired) electrons. The highest BCUT2D eigenvalue weighted by Crippen LogP contribution is 2.39. The molecule has 0 spiro atoms. The zero-order valence-corrected chi connectivity index (χ0v) is 8.96. The van der Waals surface area contributed by atoms with Gasteiger partial charge in [0.25, 0.3) is 5.69 Å². The van der Waals surface area contributed by atoms with Gasteiger partial charge in [0.2, 0.25) is 0 Å². The van der Waals surface area contributed by atoms with Crippen molar-refractivity contribution >= 4 is 11.5 Å². The van der Waals surface area contributed by atoms with E-state index in [0.717, 1.165) is 19.9 Å². The molecule has 0 heterocycles. The number of alkyl halides is 3. The number of rotatable bonds is 2. The van der Waals surface area contributed by atoms with E-state index in [2.05, 4.69) is 0 Å². The number of nitro benzene ring substituents is 1. The van der Waals surface area contributed by atoms with Crippen molar-refractivity contribution in [3.8, 4) is 0 Å². The van der Waals surface area contributed by atoms with Crippen molar-refractivity contribution in [1.29, 1.82) is 0 Å². The maximum Gasteiger partial charge on any atom is 0.423 e. The molecule has 0 saturated heterocycles. The number of carbonyl (C=O) groups excluding carboxylic acids is 1. The zero-order chi connectivity index (χ0) is 13.4. The summed E-state index contributed by atoms with van der Waals surface area (Å²) in [5.74, 6) is -0.567. The van der Waals surface area contributed by atoms with Gasteiger partial charge < -0.3 is 0 Å². The van der Waals surface area contributed by atoms with Crippen LogP contribution in [-0.2, 0) is 6.18 Å². The fourth-order valence-electron chi connectivity index (χ4n) is 1.59. The van der Waals surface area contributed by atoms with E-state index in [1.807, 2.05) is 0 Å². The number of benzene rings is 1. The van der Waals surface area contributed by atoms with E-state index >= 15 is 0 Å². The minimum atomic E-state index is -4.86. The van der Waals surface area contributed by atoms with Crippen LogP contribution in [0.4, 0.5) is 18.9 Å². The number of nitro groups is 1. The van der Waals surface area contributed by atoms with Crippen LogP contribution in [0.25, 0.3) is 0 Å². The molecule has 1 aromatic carbocycles. The highest BCUT2D eigenvalue weighted by molar-refractivity contribution is 5.96. The third kappa shape index (κ3) is 2.43. The van der Waals surface area contributed by atoms with Gasteiger partial charge in [0.15, 0.2) is 5.78 Å². The lowest BCUT2D eigenvalue weighted by molar-refractivity contribution is -0.388. The molecule has 92 valence electrons. The molecule has 0 N–H and O–H groups in total. The lowest BCUT2D eigenvalue weighted by Gasteiger charge is -2.12. The number of nitrogens with zero attached hydrogens (tertiary/aromatic N) is 1. The molecule has 0 aliphatic rings. The molecule has 17 heavy (non-hydrogen) atoms. The monoisotopic (exact) mass is 247 g/mol. The first-order valence-corrected chi connectivity index (χ1v) is 4.52. The Hall–Kier alpha value is -1.92. The molecule has 1 rings (SSSR count). The van der Waals surface area contributed by atoms with E-state index < -0.39 is 33.7 Å². The summed E-state index contributed by atoms with van der Waals surface area (Å²) in [6, 6.07) is 1.73. The second-order valence-corrected chi connectivity index (χ2v) is 3.44. The molecular formula is C10H8F3NO3. The maximum absolute atomic E-state index is 12.7. The van der Waals surface area contributed by atoms with E-state index in [0.29, 0.717) is 6.07 Å². The summed E-state index contributed by atoms with van der Waals surface area (Å²) in [5.41, 5.74) is -2.99. The average Bonchev–Trinajstić information content (AvgIpc) is 2.14. The van der Waals surface area contributed by atoms with Crippen LogP contribution in [0.5, 0.6) is 0 Å². The van der Waals surface area contributed by atoms with E-state index in [1.165, 1.54) is 0 Å². The summed E-state index contributed by atoms with van der Waals surface area (Å²) < 4.78 is 38.1. The topological polar surface area (TPSA) is 60.2 Å². The molecule has 0 bridgehead atoms. The molecule has 0 unspecified atom stereocenters. The molecule has 0 amide bonds. The number of ketones is 1. The number of carbonyl (C=O) groups is 1. The molecule has 7 heteroatoms. The lowest BCUT2D eigenvalue weighted by Crippen LogP contribution is -2.13. The standard InChI is InChI=1S/C10H8F3NO3/c1-5-7(6(2)15)3-4-8(14(16)17)9(5)10(11,12)13/h3-4H,1-2H3. The Kier molecular flexibility index (Phi) is 3.21. The van der Waals surface area contributed by atoms with Gasteiger partial charge in [-0.25, -0.2) is 0 Å². The smallest absolute Gasteiger partial charge is 0.295 e. The van der Waals surface area contributed by atoms with Crippen LogP contribution < -0.4 is 0 Å². The van der Waals surface area contributed by atoms with E-state index in [4.69, 9.17) is 0 Å². The molecule has 1 aromatic rings. The van der Waals surface area contributed by atoms with Crippen LogP contribution in [0.3, 0.4) is 0 Å². The predicted octanol–water partition coefficient (Wildman–Crippen LogP) is 3.12. The second kappa shape index (κ2) is 4.15. The maximum atomic E-state index is 12.7. The van der Waals surface area contributed by atoms with Crippen LogP contribution in [0.1, 0.15) is 28.4 Å². The van der Waals surface area contributed by atoms with Crippen molar-refractivity contribution in [3.05, 3.63) is 38.9 Å². The third-order valence-corrected chi connectivity index (χ3v) is 2.30. The SMILES string of the molecule is CC(=O)c1ccc([N+](=O)[O-])c(C(F)(F)F)c1C. The highest BCUT2D eigenvalue weighted by Gasteiger charge is 2.40. The van der Waals surface area contributed by atoms with Crippen molar-refractivity contribution in [2.24, 2.45) is 0 Å². The van der Waals surface area contributed by atoms with E-state index in [-0.39, 0.29) is 5.56 Å². The van der Waals surface area contributed by atoms with Crippen LogP contribution in [0.15, 0.2) is 12.1 Å². The minimum absolute atomic E-state index is 0.164. The Morgan fingerprint density at radius 1 is 1.35 bits per heavy atom. The number of Topliss-reactive ketones (excluding diaryl/α,β-unsaturated/α-hetero) is 1. The third-order valence-electron chi connectivity index (χ3n) is 2.30. The van der Waals surface area contributed by atoms with Crippen molar-refractivity contribution < 1.29 is 22.9 Å². The van der Waals surface area contributed by atoms with Crippen LogP contribution >= 0.6 is 0 Å². The summed E-state index contributed by atoms with van der Waals surface area (Å²) in [5, 5.41) is 10.5. The van der Waals surface area contributed by atoms with Gasteiger partial charge >= 0.3 is 6.18 Å².